The van der Waals surface area contributed by atoms with Crippen LogP contribution in [0.2, 0.25) is 0 Å². The van der Waals surface area contributed by atoms with Crippen molar-refractivity contribution in [1.82, 2.24) is 5.32 Å². The molecular formula is C13H29NO2S. The molecule has 0 aromatic rings. The molecule has 0 rings (SSSR count). The molecule has 3 nitrogen and oxygen atoms in total. The average molecular weight is 263 g/mol. The summed E-state index contributed by atoms with van der Waals surface area (Å²) in [5.74, 6) is 0. The van der Waals surface area contributed by atoms with E-state index in [0.717, 1.165) is 19.4 Å². The number of rotatable bonds is 6. The zero-order valence-electron chi connectivity index (χ0n) is 12.4. The van der Waals surface area contributed by atoms with Crippen molar-refractivity contribution < 1.29 is 8.42 Å². The lowest BCUT2D eigenvalue weighted by molar-refractivity contribution is 0.305. The summed E-state index contributed by atoms with van der Waals surface area (Å²) in [5, 5.41) is 3.32. The first-order valence-corrected chi connectivity index (χ1v) is 8.24. The van der Waals surface area contributed by atoms with Crippen molar-refractivity contribution >= 4 is 9.84 Å². The van der Waals surface area contributed by atoms with E-state index in [1.54, 1.807) is 0 Å². The molecule has 104 valence electrons. The highest BCUT2D eigenvalue weighted by atomic mass is 32.2. The third kappa shape index (κ3) is 5.38. The second kappa shape index (κ2) is 5.70. The second-order valence-electron chi connectivity index (χ2n) is 6.59. The van der Waals surface area contributed by atoms with Crippen molar-refractivity contribution in [1.29, 1.82) is 0 Å². The Morgan fingerprint density at radius 3 is 1.88 bits per heavy atom. The molecule has 17 heavy (non-hydrogen) atoms. The topological polar surface area (TPSA) is 46.2 Å². The highest BCUT2D eigenvalue weighted by Crippen LogP contribution is 2.28. The van der Waals surface area contributed by atoms with Crippen LogP contribution in [0.5, 0.6) is 0 Å². The van der Waals surface area contributed by atoms with Crippen LogP contribution >= 0.6 is 0 Å². The van der Waals surface area contributed by atoms with Gasteiger partial charge in [-0.05, 0) is 38.6 Å². The van der Waals surface area contributed by atoms with E-state index in [1.165, 1.54) is 6.26 Å². The summed E-state index contributed by atoms with van der Waals surface area (Å²) in [6, 6.07) is 0.0155. The van der Waals surface area contributed by atoms with Gasteiger partial charge in [-0.2, -0.15) is 0 Å². The summed E-state index contributed by atoms with van der Waals surface area (Å²) in [6.45, 7) is 13.0. The molecule has 0 aliphatic carbocycles. The third-order valence-corrected chi connectivity index (χ3v) is 5.62. The monoisotopic (exact) mass is 263 g/mol. The molecule has 0 spiro atoms. The summed E-state index contributed by atoms with van der Waals surface area (Å²) in [6.07, 6.45) is 3.23. The maximum atomic E-state index is 11.9. The van der Waals surface area contributed by atoms with Crippen molar-refractivity contribution in [2.45, 2.75) is 65.2 Å². The first kappa shape index (κ1) is 16.9. The molecule has 0 heterocycles. The molecule has 4 heteroatoms. The van der Waals surface area contributed by atoms with Gasteiger partial charge in [0.15, 0.2) is 9.84 Å². The Balaban J connectivity index is 4.86. The van der Waals surface area contributed by atoms with Crippen LogP contribution in [0.25, 0.3) is 0 Å². The molecule has 0 aliphatic heterocycles. The number of sulfone groups is 1. The molecule has 1 unspecified atom stereocenters. The fourth-order valence-corrected chi connectivity index (χ4v) is 2.50. The Morgan fingerprint density at radius 2 is 1.59 bits per heavy atom. The van der Waals surface area contributed by atoms with E-state index in [1.807, 2.05) is 20.8 Å². The molecule has 0 bridgehead atoms. The van der Waals surface area contributed by atoms with E-state index in [0.29, 0.717) is 0 Å². The molecule has 1 N–H and O–H groups in total. The predicted octanol–water partition coefficient (Wildman–Crippen LogP) is 2.61. The van der Waals surface area contributed by atoms with Gasteiger partial charge in [-0.3, -0.25) is 0 Å². The van der Waals surface area contributed by atoms with Gasteiger partial charge in [0, 0.05) is 12.3 Å². The SMILES string of the molecule is CCNC(CCC(C)(C)C)C(C)(C)S(C)(=O)=O. The highest BCUT2D eigenvalue weighted by molar-refractivity contribution is 7.92. The van der Waals surface area contributed by atoms with E-state index < -0.39 is 14.6 Å². The van der Waals surface area contributed by atoms with E-state index in [4.69, 9.17) is 0 Å². The van der Waals surface area contributed by atoms with Gasteiger partial charge in [-0.25, -0.2) is 8.42 Å². The Hall–Kier alpha value is -0.0900. The van der Waals surface area contributed by atoms with E-state index in [-0.39, 0.29) is 11.5 Å². The lowest BCUT2D eigenvalue weighted by atomic mass is 9.86. The Bertz CT molecular complexity index is 326. The Morgan fingerprint density at radius 1 is 1.12 bits per heavy atom. The minimum absolute atomic E-state index is 0.0155. The number of hydrogen-bond donors (Lipinski definition) is 1. The van der Waals surface area contributed by atoms with Crippen molar-refractivity contribution in [3.8, 4) is 0 Å². The summed E-state index contributed by atoms with van der Waals surface area (Å²) >= 11 is 0. The van der Waals surface area contributed by atoms with Crippen LogP contribution < -0.4 is 5.32 Å². The van der Waals surface area contributed by atoms with Crippen LogP contribution in [-0.2, 0) is 9.84 Å². The molecule has 0 aromatic carbocycles. The van der Waals surface area contributed by atoms with Crippen LogP contribution in [-0.4, -0.2) is 32.0 Å². The molecule has 0 radical (unpaired) electrons. The molecule has 0 saturated carbocycles. The van der Waals surface area contributed by atoms with Gasteiger partial charge in [-0.15, -0.1) is 0 Å². The zero-order valence-corrected chi connectivity index (χ0v) is 13.2. The largest absolute Gasteiger partial charge is 0.313 e. The van der Waals surface area contributed by atoms with E-state index in [2.05, 4.69) is 26.1 Å². The van der Waals surface area contributed by atoms with Crippen molar-refractivity contribution in [3.05, 3.63) is 0 Å². The molecule has 0 aromatic heterocycles. The Labute approximate surface area is 107 Å². The van der Waals surface area contributed by atoms with E-state index >= 15 is 0 Å². The summed E-state index contributed by atoms with van der Waals surface area (Å²) in [5.41, 5.74) is 0.237. The quantitative estimate of drug-likeness (QED) is 0.801. The fraction of sp³-hybridized carbons (Fsp3) is 1.00. The Kier molecular flexibility index (Phi) is 5.67. The third-order valence-electron chi connectivity index (χ3n) is 3.43. The van der Waals surface area contributed by atoms with Crippen molar-refractivity contribution in [2.75, 3.05) is 12.8 Å². The van der Waals surface area contributed by atoms with Crippen LogP contribution in [0.4, 0.5) is 0 Å². The van der Waals surface area contributed by atoms with Crippen molar-refractivity contribution in [2.24, 2.45) is 5.41 Å². The maximum absolute atomic E-state index is 11.9. The molecular weight excluding hydrogens is 234 g/mol. The maximum Gasteiger partial charge on any atom is 0.154 e. The number of nitrogens with one attached hydrogen (secondary N) is 1. The van der Waals surface area contributed by atoms with Gasteiger partial charge in [0.25, 0.3) is 0 Å². The van der Waals surface area contributed by atoms with Gasteiger partial charge in [0.2, 0.25) is 0 Å². The smallest absolute Gasteiger partial charge is 0.154 e. The van der Waals surface area contributed by atoms with Gasteiger partial charge in [0.1, 0.15) is 0 Å². The first-order chi connectivity index (χ1) is 7.42. The van der Waals surface area contributed by atoms with Crippen LogP contribution in [0.15, 0.2) is 0 Å². The minimum atomic E-state index is -3.05. The molecule has 1 atom stereocenters. The van der Waals surface area contributed by atoms with Crippen molar-refractivity contribution in [3.63, 3.8) is 0 Å². The lowest BCUT2D eigenvalue weighted by Gasteiger charge is -2.35. The lowest BCUT2D eigenvalue weighted by Crippen LogP contribution is -2.51. The zero-order chi connectivity index (χ0) is 13.9. The molecule has 0 aliphatic rings. The molecule has 0 saturated heterocycles. The first-order valence-electron chi connectivity index (χ1n) is 6.35. The minimum Gasteiger partial charge on any atom is -0.313 e. The molecule has 0 fully saturated rings. The standard InChI is InChI=1S/C13H29NO2S/c1-8-14-11(9-10-12(2,3)4)13(5,6)17(7,15)16/h11,14H,8-10H2,1-7H3. The normalized spacial score (nSPS) is 15.9. The fourth-order valence-electron chi connectivity index (χ4n) is 1.78. The van der Waals surface area contributed by atoms with Crippen LogP contribution in [0, 0.1) is 5.41 Å². The second-order valence-corrected chi connectivity index (χ2v) is 9.18. The van der Waals surface area contributed by atoms with Crippen LogP contribution in [0.3, 0.4) is 0 Å². The predicted molar refractivity (Wildman–Crippen MR) is 75.1 cm³/mol. The number of hydrogen-bond acceptors (Lipinski definition) is 3. The summed E-state index contributed by atoms with van der Waals surface area (Å²) < 4.78 is 23.0. The summed E-state index contributed by atoms with van der Waals surface area (Å²) in [4.78, 5) is 0. The van der Waals surface area contributed by atoms with Gasteiger partial charge in [-0.1, -0.05) is 27.7 Å². The van der Waals surface area contributed by atoms with Gasteiger partial charge < -0.3 is 5.32 Å². The highest BCUT2D eigenvalue weighted by Gasteiger charge is 2.38. The van der Waals surface area contributed by atoms with Gasteiger partial charge in [0.05, 0.1) is 4.75 Å². The summed E-state index contributed by atoms with van der Waals surface area (Å²) in [7, 11) is -3.05. The molecule has 0 amide bonds. The van der Waals surface area contributed by atoms with Crippen LogP contribution in [0.1, 0.15) is 54.4 Å². The van der Waals surface area contributed by atoms with Gasteiger partial charge >= 0.3 is 0 Å². The average Bonchev–Trinajstić information content (AvgIpc) is 2.08. The van der Waals surface area contributed by atoms with E-state index in [9.17, 15) is 8.42 Å².